The number of thiocarbonyl (C=S) groups is 1. The number of carboxylic acids is 1. The molecule has 0 spiro atoms. The van der Waals surface area contributed by atoms with Crippen LogP contribution < -0.4 is 0 Å². The van der Waals surface area contributed by atoms with Gasteiger partial charge in [-0.1, -0.05) is 31.4 Å². The van der Waals surface area contributed by atoms with E-state index >= 15 is 0 Å². The van der Waals surface area contributed by atoms with Crippen molar-refractivity contribution in [1.29, 1.82) is 0 Å². The third-order valence-electron chi connectivity index (χ3n) is 1.88. The van der Waals surface area contributed by atoms with Gasteiger partial charge in [0.25, 0.3) is 0 Å². The van der Waals surface area contributed by atoms with Gasteiger partial charge in [-0.05, 0) is 41.5 Å². The molecule has 0 saturated carbocycles. The molecule has 0 amide bonds. The molecule has 0 fully saturated rings. The lowest BCUT2D eigenvalue weighted by Gasteiger charge is -2.26. The Kier molecular flexibility index (Phi) is 19.0. The zero-order valence-electron chi connectivity index (χ0n) is 12.3. The number of halogens is 1. The quantitative estimate of drug-likeness (QED) is 0.781. The Bertz CT molecular complexity index is 302. The molecule has 0 rings (SSSR count). The molecule has 0 aromatic heterocycles. The van der Waals surface area contributed by atoms with Crippen LogP contribution in [0.15, 0.2) is 0 Å². The van der Waals surface area contributed by atoms with E-state index in [2.05, 4.69) is 0 Å². The smallest absolute Gasteiger partial charge is 0.319 e. The number of ketones is 1. The molecule has 0 aliphatic carbocycles. The Morgan fingerprint density at radius 2 is 1.50 bits per heavy atom. The molecule has 0 aliphatic rings. The summed E-state index contributed by atoms with van der Waals surface area (Å²) < 4.78 is -0.193. The van der Waals surface area contributed by atoms with E-state index in [0.29, 0.717) is 4.32 Å². The summed E-state index contributed by atoms with van der Waals surface area (Å²) in [7, 11) is 0. The van der Waals surface area contributed by atoms with Crippen LogP contribution >= 0.6 is 36.4 Å². The summed E-state index contributed by atoms with van der Waals surface area (Å²) in [6, 6.07) is 0. The number of aliphatic carboxylic acids is 1. The molecule has 0 aromatic rings. The lowest BCUT2D eigenvalue weighted by molar-refractivity contribution is -0.138. The number of carboxylic acid groups (broad SMARTS) is 1. The number of hydrogen-bond donors (Lipinski definition) is 1. The minimum absolute atomic E-state index is 0. The first-order chi connectivity index (χ1) is 8.08. The summed E-state index contributed by atoms with van der Waals surface area (Å²) >= 11 is 6.39. The summed E-state index contributed by atoms with van der Waals surface area (Å²) in [4.78, 5) is 22.3. The normalized spacial score (nSPS) is 9.10. The summed E-state index contributed by atoms with van der Waals surface area (Å²) in [6.45, 7) is 12.0. The monoisotopic (exact) mass is 345 g/mol. The number of hydrogen-bond acceptors (Lipinski definition) is 4. The second-order valence-electron chi connectivity index (χ2n) is 4.26. The maximum Gasteiger partial charge on any atom is 0.319 e. The Balaban J connectivity index is -0.000000188. The second-order valence-corrected chi connectivity index (χ2v) is 6.52. The predicted molar refractivity (Wildman–Crippen MR) is 95.2 cm³/mol. The topological polar surface area (TPSA) is 57.6 Å². The van der Waals surface area contributed by atoms with Crippen LogP contribution in [0.2, 0.25) is 0 Å². The van der Waals surface area contributed by atoms with Crippen molar-refractivity contribution in [1.82, 2.24) is 4.90 Å². The van der Waals surface area contributed by atoms with Gasteiger partial charge in [0.1, 0.15) is 14.9 Å². The summed E-state index contributed by atoms with van der Waals surface area (Å²) in [5, 5.41) is 8.92. The molecule has 0 heterocycles. The van der Waals surface area contributed by atoms with Crippen molar-refractivity contribution >= 4 is 52.5 Å². The van der Waals surface area contributed by atoms with Gasteiger partial charge < -0.3 is 14.8 Å². The van der Waals surface area contributed by atoms with E-state index < -0.39 is 10.7 Å². The fraction of sp³-hybridized carbons (Fsp3) is 0.769. The first-order valence-electron chi connectivity index (χ1n) is 5.76. The maximum atomic E-state index is 10.9. The van der Waals surface area contributed by atoms with E-state index in [1.165, 1.54) is 25.6 Å². The summed E-state index contributed by atoms with van der Waals surface area (Å²) in [5.74, 6) is -0.669. The van der Waals surface area contributed by atoms with Gasteiger partial charge in [-0.2, -0.15) is 0 Å². The molecular weight excluding hydrogens is 318 g/mol. The summed E-state index contributed by atoms with van der Waals surface area (Å²) in [5.41, 5.74) is 0. The largest absolute Gasteiger partial charge is 0.480 e. The van der Waals surface area contributed by atoms with Gasteiger partial charge in [-0.15, -0.1) is 12.4 Å². The highest BCUT2D eigenvalue weighted by atomic mass is 35.5. The van der Waals surface area contributed by atoms with Crippen molar-refractivity contribution in [2.45, 2.75) is 53.7 Å². The number of thioether (sulfide) groups is 1. The van der Waals surface area contributed by atoms with Gasteiger partial charge in [0.05, 0.1) is 0 Å². The molecule has 0 atom stereocenters. The highest BCUT2D eigenvalue weighted by Crippen LogP contribution is 2.27. The van der Waals surface area contributed by atoms with Gasteiger partial charge in [-0.25, -0.2) is 0 Å². The van der Waals surface area contributed by atoms with Crippen LogP contribution in [0.1, 0.15) is 49.0 Å². The van der Waals surface area contributed by atoms with E-state index in [0.717, 1.165) is 13.1 Å². The van der Waals surface area contributed by atoms with Crippen LogP contribution in [0.25, 0.3) is 0 Å². The number of carbonyl (C=O) groups excluding carboxylic acids is 1. The zero-order valence-corrected chi connectivity index (χ0v) is 14.8. The molecule has 0 unspecified atom stereocenters. The average molecular weight is 346 g/mol. The molecule has 0 aliphatic heterocycles. The minimum Gasteiger partial charge on any atom is -0.480 e. The van der Waals surface area contributed by atoms with E-state index in [4.69, 9.17) is 17.3 Å². The van der Waals surface area contributed by atoms with Gasteiger partial charge in [-0.3, -0.25) is 4.79 Å². The number of rotatable bonds is 4. The van der Waals surface area contributed by atoms with Crippen LogP contribution in [0.3, 0.4) is 0 Å². The predicted octanol–water partition coefficient (Wildman–Crippen LogP) is 3.86. The van der Waals surface area contributed by atoms with Crippen molar-refractivity contribution in [3.05, 3.63) is 0 Å². The number of carbonyl (C=O) groups is 2. The van der Waals surface area contributed by atoms with Crippen molar-refractivity contribution in [2.75, 3.05) is 13.1 Å². The third kappa shape index (κ3) is 14.1. The molecular formula is C13H28ClNO3S2. The molecule has 7 heteroatoms. The van der Waals surface area contributed by atoms with Crippen molar-refractivity contribution in [2.24, 2.45) is 0 Å². The molecule has 0 radical (unpaired) electrons. The van der Waals surface area contributed by atoms with Gasteiger partial charge in [0.15, 0.2) is 0 Å². The Morgan fingerprint density at radius 1 is 1.20 bits per heavy atom. The van der Waals surface area contributed by atoms with Crippen LogP contribution in [-0.4, -0.2) is 43.9 Å². The van der Waals surface area contributed by atoms with Crippen molar-refractivity contribution in [3.63, 3.8) is 0 Å². The highest BCUT2D eigenvalue weighted by molar-refractivity contribution is 8.24. The van der Waals surface area contributed by atoms with Crippen molar-refractivity contribution in [3.8, 4) is 0 Å². The Labute approximate surface area is 139 Å². The molecule has 1 N–H and O–H groups in total. The summed E-state index contributed by atoms with van der Waals surface area (Å²) in [6.07, 6.45) is 0. The lowest BCUT2D eigenvalue weighted by Crippen LogP contribution is -2.34. The van der Waals surface area contributed by atoms with Crippen LogP contribution in [0.5, 0.6) is 0 Å². The third-order valence-corrected chi connectivity index (χ3v) is 3.51. The zero-order chi connectivity index (χ0) is 14.9. The standard InChI is InChI=1S/C9H17NO2S2.C3H6O.CH4.ClH/c1-5-10(6-2)8(13)14-9(3,4)7(11)12;1-3(2)4;;/h5-6H2,1-4H3,(H,11,12);1-2H3;1H4;1H. The minimum atomic E-state index is -0.848. The first kappa shape index (κ1) is 27.9. The first-order valence-corrected chi connectivity index (χ1v) is 6.99. The van der Waals surface area contributed by atoms with E-state index in [1.807, 2.05) is 18.7 Å². The lowest BCUT2D eigenvalue weighted by atomic mass is 10.2. The molecule has 0 bridgehead atoms. The van der Waals surface area contributed by atoms with Gasteiger partial charge >= 0.3 is 5.97 Å². The SMILES string of the molecule is C.CC(C)=O.CCN(CC)C(=S)SC(C)(C)C(=O)O.Cl. The second kappa shape index (κ2) is 13.6. The van der Waals surface area contributed by atoms with Crippen LogP contribution in [-0.2, 0) is 9.59 Å². The van der Waals surface area contributed by atoms with Crippen LogP contribution in [0.4, 0.5) is 0 Å². The highest BCUT2D eigenvalue weighted by Gasteiger charge is 2.30. The molecule has 0 saturated heterocycles. The van der Waals surface area contributed by atoms with Gasteiger partial charge in [0, 0.05) is 13.1 Å². The number of Topliss-reactive ketones (excluding diaryl/α,β-unsaturated/α-hetero) is 1. The maximum absolute atomic E-state index is 10.9. The average Bonchev–Trinajstić information content (AvgIpc) is 2.17. The molecule has 4 nitrogen and oxygen atoms in total. The van der Waals surface area contributed by atoms with Gasteiger partial charge in [0.2, 0.25) is 0 Å². The Morgan fingerprint density at radius 3 is 1.70 bits per heavy atom. The van der Waals surface area contributed by atoms with E-state index in [1.54, 1.807) is 13.8 Å². The molecule has 122 valence electrons. The molecule has 20 heavy (non-hydrogen) atoms. The molecule has 0 aromatic carbocycles. The Hall–Kier alpha value is -0.330. The van der Waals surface area contributed by atoms with Crippen LogP contribution in [0, 0.1) is 0 Å². The fourth-order valence-corrected chi connectivity index (χ4v) is 2.60. The van der Waals surface area contributed by atoms with E-state index in [9.17, 15) is 9.59 Å². The van der Waals surface area contributed by atoms with Crippen molar-refractivity contribution < 1.29 is 14.7 Å². The van der Waals surface area contributed by atoms with E-state index in [-0.39, 0.29) is 25.6 Å². The number of nitrogens with zero attached hydrogens (tertiary/aromatic N) is 1. The fourth-order valence-electron chi connectivity index (χ4n) is 0.808.